The highest BCUT2D eigenvalue weighted by Crippen LogP contribution is 2.15. The van der Waals surface area contributed by atoms with Crippen LogP contribution in [-0.2, 0) is 6.54 Å². The Morgan fingerprint density at radius 2 is 1.77 bits per heavy atom. The molecule has 0 aliphatic carbocycles. The highest BCUT2D eigenvalue weighted by atomic mass is 16.5. The van der Waals surface area contributed by atoms with E-state index in [1.54, 1.807) is 25.5 Å². The number of amides is 1. The minimum atomic E-state index is -0.303. The first-order valence-corrected chi connectivity index (χ1v) is 9.61. The lowest BCUT2D eigenvalue weighted by atomic mass is 10.1. The maximum Gasteiger partial charge on any atom is 0.271 e. The van der Waals surface area contributed by atoms with Crippen LogP contribution in [-0.4, -0.2) is 39.4 Å². The zero-order valence-corrected chi connectivity index (χ0v) is 16.8. The van der Waals surface area contributed by atoms with Gasteiger partial charge in [0.2, 0.25) is 5.82 Å². The zero-order chi connectivity index (χ0) is 21.5. The van der Waals surface area contributed by atoms with E-state index < -0.39 is 0 Å². The fraction of sp³-hybridized carbons (Fsp3) is 0.0870. The molecular formula is C23H20N6O2. The molecule has 4 rings (SSSR count). The average molecular weight is 412 g/mol. The number of tetrazole rings is 1. The van der Waals surface area contributed by atoms with Crippen LogP contribution in [0, 0.1) is 0 Å². The number of hydrogen-bond donors (Lipinski definition) is 1. The van der Waals surface area contributed by atoms with Gasteiger partial charge in [-0.25, -0.2) is 5.43 Å². The maximum absolute atomic E-state index is 12.3. The molecule has 3 aromatic carbocycles. The third-order valence-corrected chi connectivity index (χ3v) is 4.53. The molecule has 1 heterocycles. The molecule has 154 valence electrons. The second kappa shape index (κ2) is 9.45. The van der Waals surface area contributed by atoms with E-state index in [4.69, 9.17) is 4.74 Å². The van der Waals surface area contributed by atoms with Gasteiger partial charge in [0.05, 0.1) is 19.9 Å². The molecule has 0 aliphatic rings. The summed E-state index contributed by atoms with van der Waals surface area (Å²) in [7, 11) is 1.59. The van der Waals surface area contributed by atoms with Crippen molar-refractivity contribution in [2.45, 2.75) is 6.54 Å². The molecule has 0 atom stereocenters. The van der Waals surface area contributed by atoms with Crippen LogP contribution in [0.15, 0.2) is 84.0 Å². The quantitative estimate of drug-likeness (QED) is 0.372. The van der Waals surface area contributed by atoms with Crippen molar-refractivity contribution in [3.05, 3.63) is 95.6 Å². The first-order chi connectivity index (χ1) is 15.2. The van der Waals surface area contributed by atoms with E-state index in [1.807, 2.05) is 66.7 Å². The molecule has 0 spiro atoms. The summed E-state index contributed by atoms with van der Waals surface area (Å²) in [5.41, 5.74) is 5.66. The van der Waals surface area contributed by atoms with Crippen molar-refractivity contribution in [2.24, 2.45) is 5.10 Å². The molecule has 0 saturated carbocycles. The monoisotopic (exact) mass is 412 g/mol. The smallest absolute Gasteiger partial charge is 0.271 e. The van der Waals surface area contributed by atoms with Crippen LogP contribution in [0.5, 0.6) is 5.75 Å². The van der Waals surface area contributed by atoms with Gasteiger partial charge in [0, 0.05) is 16.7 Å². The van der Waals surface area contributed by atoms with Crippen molar-refractivity contribution in [3.8, 4) is 17.1 Å². The molecule has 8 heteroatoms. The first-order valence-electron chi connectivity index (χ1n) is 9.61. The normalized spacial score (nSPS) is 10.9. The SMILES string of the molecule is COc1ccccc1/C=N\NC(=O)c1ccc(Cn2nnc(-c3ccccc3)n2)cc1. The number of hydrogen-bond acceptors (Lipinski definition) is 6. The van der Waals surface area contributed by atoms with E-state index in [0.29, 0.717) is 23.7 Å². The van der Waals surface area contributed by atoms with E-state index >= 15 is 0 Å². The maximum atomic E-state index is 12.3. The Bertz CT molecular complexity index is 1190. The molecule has 31 heavy (non-hydrogen) atoms. The number of aromatic nitrogens is 4. The highest BCUT2D eigenvalue weighted by Gasteiger charge is 2.08. The van der Waals surface area contributed by atoms with E-state index in [1.165, 1.54) is 4.80 Å². The van der Waals surface area contributed by atoms with Gasteiger partial charge in [-0.05, 0) is 35.0 Å². The fourth-order valence-corrected chi connectivity index (χ4v) is 2.94. The van der Waals surface area contributed by atoms with Crippen molar-refractivity contribution >= 4 is 12.1 Å². The van der Waals surface area contributed by atoms with E-state index in [0.717, 1.165) is 16.7 Å². The van der Waals surface area contributed by atoms with E-state index in [-0.39, 0.29) is 5.91 Å². The summed E-state index contributed by atoms with van der Waals surface area (Å²) in [6.07, 6.45) is 1.55. The fourth-order valence-electron chi connectivity index (χ4n) is 2.94. The third-order valence-electron chi connectivity index (χ3n) is 4.53. The van der Waals surface area contributed by atoms with Crippen LogP contribution in [0.1, 0.15) is 21.5 Å². The zero-order valence-electron chi connectivity index (χ0n) is 16.8. The number of nitrogens with zero attached hydrogens (tertiary/aromatic N) is 5. The van der Waals surface area contributed by atoms with Gasteiger partial charge in [-0.1, -0.05) is 54.6 Å². The van der Waals surface area contributed by atoms with Gasteiger partial charge in [-0.2, -0.15) is 9.90 Å². The number of hydrazone groups is 1. The van der Waals surface area contributed by atoms with Crippen LogP contribution < -0.4 is 10.2 Å². The number of carbonyl (C=O) groups is 1. The predicted octanol–water partition coefficient (Wildman–Crippen LogP) is 3.16. The Morgan fingerprint density at radius 1 is 1.03 bits per heavy atom. The summed E-state index contributed by atoms with van der Waals surface area (Å²) in [4.78, 5) is 13.8. The predicted molar refractivity (Wildman–Crippen MR) is 117 cm³/mol. The van der Waals surface area contributed by atoms with Crippen LogP contribution >= 0.6 is 0 Å². The third kappa shape index (κ3) is 4.99. The molecule has 1 aromatic heterocycles. The van der Waals surface area contributed by atoms with Gasteiger partial charge in [-0.15, -0.1) is 10.2 Å². The minimum absolute atomic E-state index is 0.303. The minimum Gasteiger partial charge on any atom is -0.496 e. The lowest BCUT2D eigenvalue weighted by Crippen LogP contribution is -2.17. The number of benzene rings is 3. The molecule has 0 bridgehead atoms. The molecule has 0 radical (unpaired) electrons. The second-order valence-corrected chi connectivity index (χ2v) is 6.65. The van der Waals surface area contributed by atoms with Gasteiger partial charge in [0.25, 0.3) is 5.91 Å². The van der Waals surface area contributed by atoms with Crippen LogP contribution in [0.4, 0.5) is 0 Å². The van der Waals surface area contributed by atoms with Gasteiger partial charge < -0.3 is 4.74 Å². The van der Waals surface area contributed by atoms with Crippen molar-refractivity contribution in [3.63, 3.8) is 0 Å². The van der Waals surface area contributed by atoms with Crippen LogP contribution in [0.2, 0.25) is 0 Å². The number of rotatable bonds is 7. The van der Waals surface area contributed by atoms with Crippen LogP contribution in [0.25, 0.3) is 11.4 Å². The lowest BCUT2D eigenvalue weighted by Gasteiger charge is -2.04. The van der Waals surface area contributed by atoms with Gasteiger partial charge in [-0.3, -0.25) is 4.79 Å². The summed E-state index contributed by atoms with van der Waals surface area (Å²) >= 11 is 0. The lowest BCUT2D eigenvalue weighted by molar-refractivity contribution is 0.0955. The standard InChI is InChI=1S/C23H20N6O2/c1-31-21-10-6-5-9-20(21)15-24-26-23(30)19-13-11-17(12-14-19)16-29-27-22(25-28-29)18-7-3-2-4-8-18/h2-15H,16H2,1H3,(H,26,30)/b24-15-. The van der Waals surface area contributed by atoms with Crippen molar-refractivity contribution in [2.75, 3.05) is 7.11 Å². The second-order valence-electron chi connectivity index (χ2n) is 6.65. The number of ether oxygens (including phenoxy) is 1. The highest BCUT2D eigenvalue weighted by molar-refractivity contribution is 5.95. The molecule has 0 saturated heterocycles. The molecule has 0 aliphatic heterocycles. The largest absolute Gasteiger partial charge is 0.496 e. The van der Waals surface area contributed by atoms with Gasteiger partial charge in [0.1, 0.15) is 5.75 Å². The van der Waals surface area contributed by atoms with Crippen molar-refractivity contribution in [1.82, 2.24) is 25.6 Å². The van der Waals surface area contributed by atoms with Gasteiger partial charge >= 0.3 is 0 Å². The molecule has 0 fully saturated rings. The molecule has 4 aromatic rings. The summed E-state index contributed by atoms with van der Waals surface area (Å²) in [5, 5.41) is 16.6. The molecular weight excluding hydrogens is 392 g/mol. The Balaban J connectivity index is 1.36. The Kier molecular flexibility index (Phi) is 6.08. The topological polar surface area (TPSA) is 94.3 Å². The number of carbonyl (C=O) groups excluding carboxylic acids is 1. The Labute approximate surface area is 179 Å². The Hall–Kier alpha value is -4.33. The van der Waals surface area contributed by atoms with Crippen molar-refractivity contribution < 1.29 is 9.53 Å². The average Bonchev–Trinajstić information content (AvgIpc) is 3.29. The van der Waals surface area contributed by atoms with Crippen LogP contribution in [0.3, 0.4) is 0 Å². The molecule has 0 unspecified atom stereocenters. The number of methoxy groups -OCH3 is 1. The summed E-state index contributed by atoms with van der Waals surface area (Å²) in [6.45, 7) is 0.452. The molecule has 1 amide bonds. The number of para-hydroxylation sites is 1. The van der Waals surface area contributed by atoms with Crippen molar-refractivity contribution in [1.29, 1.82) is 0 Å². The molecule has 1 N–H and O–H groups in total. The number of nitrogens with one attached hydrogen (secondary N) is 1. The van der Waals surface area contributed by atoms with E-state index in [2.05, 4.69) is 25.9 Å². The summed E-state index contributed by atoms with van der Waals surface area (Å²) in [6, 6.07) is 24.3. The van der Waals surface area contributed by atoms with E-state index in [9.17, 15) is 4.79 Å². The van der Waals surface area contributed by atoms with Gasteiger partial charge in [0.15, 0.2) is 0 Å². The molecule has 8 nitrogen and oxygen atoms in total. The summed E-state index contributed by atoms with van der Waals surface area (Å²) in [5.74, 6) is 0.953. The summed E-state index contributed by atoms with van der Waals surface area (Å²) < 4.78 is 5.26. The first kappa shape index (κ1) is 20.0. The Morgan fingerprint density at radius 3 is 2.55 bits per heavy atom.